The van der Waals surface area contributed by atoms with Gasteiger partial charge in [0.2, 0.25) is 0 Å². The first-order chi connectivity index (χ1) is 10.0. The lowest BCUT2D eigenvalue weighted by molar-refractivity contribution is -0.148. The van der Waals surface area contributed by atoms with Crippen LogP contribution in [0.2, 0.25) is 0 Å². The molecule has 2 aliphatic carbocycles. The van der Waals surface area contributed by atoms with Gasteiger partial charge in [0, 0.05) is 11.3 Å². The van der Waals surface area contributed by atoms with Crippen molar-refractivity contribution in [2.45, 2.75) is 45.3 Å². The molecule has 4 rings (SSSR count). The molecule has 4 aliphatic rings. The van der Waals surface area contributed by atoms with E-state index < -0.39 is 0 Å². The van der Waals surface area contributed by atoms with E-state index in [0.717, 1.165) is 19.3 Å². The molecule has 5 atom stereocenters. The van der Waals surface area contributed by atoms with Gasteiger partial charge in [0.1, 0.15) is 12.2 Å². The summed E-state index contributed by atoms with van der Waals surface area (Å²) < 4.78 is 11.5. The molecule has 0 N–H and O–H groups in total. The monoisotopic (exact) mass is 286 g/mol. The number of carbonyl (C=O) groups excluding carboxylic acids is 1. The van der Waals surface area contributed by atoms with Crippen molar-refractivity contribution in [3.8, 4) is 0 Å². The lowest BCUT2D eigenvalue weighted by Crippen LogP contribution is -2.51. The number of carbonyl (C=O) groups is 1. The van der Waals surface area contributed by atoms with Crippen LogP contribution in [0.5, 0.6) is 0 Å². The first-order valence-corrected chi connectivity index (χ1v) is 7.89. The van der Waals surface area contributed by atoms with E-state index in [1.54, 1.807) is 0 Å². The number of esters is 1. The summed E-state index contributed by atoms with van der Waals surface area (Å²) in [7, 11) is 0. The van der Waals surface area contributed by atoms with Crippen molar-refractivity contribution in [3.63, 3.8) is 0 Å². The van der Waals surface area contributed by atoms with Crippen LogP contribution in [0.1, 0.15) is 33.1 Å². The number of hydrogen-bond donors (Lipinski definition) is 0. The Balaban J connectivity index is 1.91. The van der Waals surface area contributed by atoms with Crippen LogP contribution >= 0.6 is 0 Å². The summed E-state index contributed by atoms with van der Waals surface area (Å²) in [5.41, 5.74) is 2.21. The second kappa shape index (κ2) is 4.10. The molecule has 0 radical (unpaired) electrons. The van der Waals surface area contributed by atoms with E-state index in [1.807, 2.05) is 6.08 Å². The predicted molar refractivity (Wildman–Crippen MR) is 79.5 cm³/mol. The third-order valence-corrected chi connectivity index (χ3v) is 6.16. The van der Waals surface area contributed by atoms with E-state index in [0.29, 0.717) is 6.61 Å². The highest BCUT2D eigenvalue weighted by Crippen LogP contribution is 2.64. The van der Waals surface area contributed by atoms with Crippen LogP contribution < -0.4 is 0 Å². The quantitative estimate of drug-likeness (QED) is 0.548. The molecule has 112 valence electrons. The van der Waals surface area contributed by atoms with Crippen molar-refractivity contribution in [2.75, 3.05) is 6.61 Å². The molecule has 2 fully saturated rings. The summed E-state index contributed by atoms with van der Waals surface area (Å²) in [6.45, 7) is 8.93. The predicted octanol–water partition coefficient (Wildman–Crippen LogP) is 3.18. The van der Waals surface area contributed by atoms with Crippen LogP contribution in [0.15, 0.2) is 36.0 Å². The molecule has 0 amide bonds. The van der Waals surface area contributed by atoms with Crippen molar-refractivity contribution in [3.05, 3.63) is 36.0 Å². The summed E-state index contributed by atoms with van der Waals surface area (Å²) in [6, 6.07) is 0. The molecule has 0 bridgehead atoms. The third-order valence-electron chi connectivity index (χ3n) is 6.16. The number of rotatable bonds is 1. The Morgan fingerprint density at radius 1 is 1.33 bits per heavy atom. The molecule has 0 aromatic carbocycles. The molecule has 0 aromatic heterocycles. The number of hydrogen-bond acceptors (Lipinski definition) is 3. The van der Waals surface area contributed by atoms with E-state index in [1.165, 1.54) is 11.1 Å². The molecule has 3 heteroatoms. The Bertz CT molecular complexity index is 587. The van der Waals surface area contributed by atoms with Gasteiger partial charge in [-0.15, -0.1) is 6.58 Å². The number of fused-ring (bicyclic) bond motifs is 2. The average Bonchev–Trinajstić information content (AvgIpc) is 2.71. The topological polar surface area (TPSA) is 35.5 Å². The fourth-order valence-electron chi connectivity index (χ4n) is 5.27. The molecule has 1 saturated carbocycles. The van der Waals surface area contributed by atoms with Crippen LogP contribution in [0.3, 0.4) is 0 Å². The molecule has 0 aromatic rings. The SMILES string of the molecule is C=C[C@H]1OCC=C2C1=C[C@H]1OC(=O)[C@@]3(C)CCC[C@@]2(C)[C@@H]13. The van der Waals surface area contributed by atoms with E-state index in [9.17, 15) is 4.79 Å². The minimum Gasteiger partial charge on any atom is -0.457 e. The standard InChI is InChI=1S/C18H22O3/c1-4-13-11-10-14-15-17(2,12(11)6-9-20-13)7-5-8-18(15,3)16(19)21-14/h4,6,10,13-15H,1,5,7-9H2,2-3H3/t13-,14-,15-,17-,18+/m1/s1. The highest BCUT2D eigenvalue weighted by molar-refractivity contribution is 5.81. The van der Waals surface area contributed by atoms with Gasteiger partial charge in [-0.2, -0.15) is 0 Å². The minimum atomic E-state index is -0.331. The summed E-state index contributed by atoms with van der Waals surface area (Å²) in [5.74, 6) is 0.236. The van der Waals surface area contributed by atoms with E-state index in [4.69, 9.17) is 9.47 Å². The van der Waals surface area contributed by atoms with Crippen LogP contribution in [0, 0.1) is 16.7 Å². The molecule has 2 heterocycles. The fraction of sp³-hybridized carbons (Fsp3) is 0.611. The summed E-state index contributed by atoms with van der Waals surface area (Å²) in [5, 5.41) is 0. The van der Waals surface area contributed by atoms with Gasteiger partial charge in [0.25, 0.3) is 0 Å². The van der Waals surface area contributed by atoms with Crippen molar-refractivity contribution < 1.29 is 14.3 Å². The van der Waals surface area contributed by atoms with Gasteiger partial charge in [-0.3, -0.25) is 4.79 Å². The average molecular weight is 286 g/mol. The maximum Gasteiger partial charge on any atom is 0.312 e. The molecule has 3 nitrogen and oxygen atoms in total. The Hall–Kier alpha value is -1.35. The fourth-order valence-corrected chi connectivity index (χ4v) is 5.27. The summed E-state index contributed by atoms with van der Waals surface area (Å²) in [4.78, 5) is 12.4. The van der Waals surface area contributed by atoms with Crippen molar-refractivity contribution in [2.24, 2.45) is 16.7 Å². The van der Waals surface area contributed by atoms with Crippen LogP contribution in [-0.2, 0) is 14.3 Å². The molecule has 21 heavy (non-hydrogen) atoms. The Morgan fingerprint density at radius 3 is 2.86 bits per heavy atom. The van der Waals surface area contributed by atoms with Gasteiger partial charge < -0.3 is 9.47 Å². The van der Waals surface area contributed by atoms with Crippen molar-refractivity contribution in [1.82, 2.24) is 0 Å². The van der Waals surface area contributed by atoms with Gasteiger partial charge in [-0.25, -0.2) is 0 Å². The highest BCUT2D eigenvalue weighted by Gasteiger charge is 2.64. The summed E-state index contributed by atoms with van der Waals surface area (Å²) in [6.07, 6.45) is 9.14. The minimum absolute atomic E-state index is 0.0128. The Labute approximate surface area is 125 Å². The van der Waals surface area contributed by atoms with Crippen LogP contribution in [0.4, 0.5) is 0 Å². The highest BCUT2D eigenvalue weighted by atomic mass is 16.6. The number of ether oxygens (including phenoxy) is 2. The lowest BCUT2D eigenvalue weighted by atomic mass is 9.49. The molecule has 0 unspecified atom stereocenters. The van der Waals surface area contributed by atoms with E-state index in [2.05, 4.69) is 32.6 Å². The van der Waals surface area contributed by atoms with E-state index >= 15 is 0 Å². The molecule has 2 aliphatic heterocycles. The smallest absolute Gasteiger partial charge is 0.312 e. The molecular weight excluding hydrogens is 264 g/mol. The van der Waals surface area contributed by atoms with Gasteiger partial charge in [0.15, 0.2) is 0 Å². The molecule has 0 spiro atoms. The zero-order valence-electron chi connectivity index (χ0n) is 12.7. The van der Waals surface area contributed by atoms with Crippen molar-refractivity contribution in [1.29, 1.82) is 0 Å². The molecular formula is C18H22O3. The van der Waals surface area contributed by atoms with Crippen LogP contribution in [0.25, 0.3) is 0 Å². The Morgan fingerprint density at radius 2 is 2.10 bits per heavy atom. The zero-order valence-corrected chi connectivity index (χ0v) is 12.7. The van der Waals surface area contributed by atoms with Gasteiger partial charge in [-0.05, 0) is 37.0 Å². The summed E-state index contributed by atoms with van der Waals surface area (Å²) >= 11 is 0. The maximum atomic E-state index is 12.4. The zero-order chi connectivity index (χ0) is 14.8. The second-order valence-corrected chi connectivity index (χ2v) is 7.27. The second-order valence-electron chi connectivity index (χ2n) is 7.27. The lowest BCUT2D eigenvalue weighted by Gasteiger charge is -2.52. The Kier molecular flexibility index (Phi) is 2.60. The van der Waals surface area contributed by atoms with Crippen LogP contribution in [-0.4, -0.2) is 24.8 Å². The maximum absolute atomic E-state index is 12.4. The third kappa shape index (κ3) is 1.50. The first-order valence-electron chi connectivity index (χ1n) is 7.89. The largest absolute Gasteiger partial charge is 0.457 e. The van der Waals surface area contributed by atoms with E-state index in [-0.39, 0.29) is 34.9 Å². The van der Waals surface area contributed by atoms with Gasteiger partial charge in [0.05, 0.1) is 12.0 Å². The van der Waals surface area contributed by atoms with Gasteiger partial charge >= 0.3 is 5.97 Å². The molecule has 1 saturated heterocycles. The first kappa shape index (κ1) is 13.3. The normalized spacial score (nSPS) is 47.7. The van der Waals surface area contributed by atoms with Crippen molar-refractivity contribution >= 4 is 5.97 Å². The van der Waals surface area contributed by atoms with Gasteiger partial charge in [-0.1, -0.05) is 25.5 Å².